The number of furan rings is 1. The Balaban J connectivity index is 1.48. The molecule has 5 rings (SSSR count). The minimum atomic E-state index is -0.266. The van der Waals surface area contributed by atoms with Crippen molar-refractivity contribution in [3.8, 4) is 0 Å². The molecule has 2 aromatic heterocycles. The molecule has 0 spiro atoms. The van der Waals surface area contributed by atoms with Gasteiger partial charge < -0.3 is 24.7 Å². The van der Waals surface area contributed by atoms with Gasteiger partial charge in [0.05, 0.1) is 11.7 Å². The van der Waals surface area contributed by atoms with Crippen molar-refractivity contribution >= 4 is 46.4 Å². The number of pyridine rings is 1. The minimum Gasteiger partial charge on any atom is -0.452 e. The summed E-state index contributed by atoms with van der Waals surface area (Å²) in [5, 5.41) is 7.72. The summed E-state index contributed by atoms with van der Waals surface area (Å²) in [5.74, 6) is 0.571. The first-order valence-electron chi connectivity index (χ1n) is 12.2. The van der Waals surface area contributed by atoms with Crippen molar-refractivity contribution in [2.24, 2.45) is 0 Å². The van der Waals surface area contributed by atoms with Crippen molar-refractivity contribution in [3.63, 3.8) is 0 Å². The molecular formula is C29H28N4O3S2. The molecule has 1 saturated heterocycles. The lowest BCUT2D eigenvalue weighted by Gasteiger charge is -2.26. The van der Waals surface area contributed by atoms with E-state index in [1.165, 1.54) is 12.7 Å². The van der Waals surface area contributed by atoms with E-state index in [9.17, 15) is 4.79 Å². The third kappa shape index (κ3) is 5.60. The summed E-state index contributed by atoms with van der Waals surface area (Å²) < 4.78 is 11.3. The van der Waals surface area contributed by atoms with Crippen LogP contribution in [0.4, 0.5) is 11.4 Å². The Kier molecular flexibility index (Phi) is 7.78. The molecule has 0 saturated carbocycles. The van der Waals surface area contributed by atoms with Crippen LogP contribution in [0.25, 0.3) is 0 Å². The molecule has 4 aromatic rings. The van der Waals surface area contributed by atoms with Crippen LogP contribution in [-0.4, -0.2) is 29.7 Å². The van der Waals surface area contributed by atoms with Crippen LogP contribution in [-0.2, 0) is 9.53 Å². The molecule has 1 aliphatic rings. The van der Waals surface area contributed by atoms with Crippen molar-refractivity contribution in [2.45, 2.75) is 35.9 Å². The summed E-state index contributed by atoms with van der Waals surface area (Å²) in [6, 6.07) is 23.6. The quantitative estimate of drug-likeness (QED) is 0.254. The normalized spacial score (nSPS) is 16.9. The van der Waals surface area contributed by atoms with E-state index in [0.29, 0.717) is 5.11 Å². The molecule has 2 aromatic carbocycles. The number of hydrogen-bond donors (Lipinski definition) is 2. The average molecular weight is 545 g/mol. The van der Waals surface area contributed by atoms with Crippen LogP contribution < -0.4 is 15.5 Å². The number of thiocarbonyl (C=S) groups is 1. The molecule has 1 aliphatic heterocycles. The fourth-order valence-corrected chi connectivity index (χ4v) is 5.57. The van der Waals surface area contributed by atoms with E-state index in [1.807, 2.05) is 55.5 Å². The smallest absolute Gasteiger partial charge is 0.250 e. The average Bonchev–Trinajstić information content (AvgIpc) is 3.51. The van der Waals surface area contributed by atoms with Gasteiger partial charge in [-0.25, -0.2) is 0 Å². The highest BCUT2D eigenvalue weighted by Gasteiger charge is 2.42. The van der Waals surface area contributed by atoms with Crippen molar-refractivity contribution in [2.75, 3.05) is 23.9 Å². The third-order valence-corrected chi connectivity index (χ3v) is 7.51. The topological polar surface area (TPSA) is 79.6 Å². The number of aromatic nitrogens is 1. The molecule has 1 amide bonds. The van der Waals surface area contributed by atoms with Gasteiger partial charge in [0.1, 0.15) is 18.4 Å². The summed E-state index contributed by atoms with van der Waals surface area (Å²) in [7, 11) is 1.49. The lowest BCUT2D eigenvalue weighted by atomic mass is 10.0. The number of amides is 1. The molecular weight excluding hydrogens is 516 g/mol. The van der Waals surface area contributed by atoms with Gasteiger partial charge in [-0.15, -0.1) is 0 Å². The van der Waals surface area contributed by atoms with Gasteiger partial charge >= 0.3 is 0 Å². The number of carbonyl (C=O) groups is 1. The van der Waals surface area contributed by atoms with Gasteiger partial charge in [-0.3, -0.25) is 9.78 Å². The number of carbonyl (C=O) groups excluding carboxylic acids is 1. The Hall–Kier alpha value is -3.66. The molecule has 38 heavy (non-hydrogen) atoms. The van der Waals surface area contributed by atoms with Gasteiger partial charge in [-0.2, -0.15) is 0 Å². The molecule has 9 heteroatoms. The van der Waals surface area contributed by atoms with E-state index in [0.717, 1.165) is 38.4 Å². The monoisotopic (exact) mass is 544 g/mol. The number of benzene rings is 2. The van der Waals surface area contributed by atoms with Crippen molar-refractivity contribution < 1.29 is 13.9 Å². The highest BCUT2D eigenvalue weighted by Crippen LogP contribution is 2.44. The summed E-state index contributed by atoms with van der Waals surface area (Å²) in [4.78, 5) is 19.8. The standard InChI is InChI=1S/C29H28N4O3S2/c1-18-7-10-21(11-8-18)38-26-14-13-24(36-26)28-27(23-6-4-5-15-30-23)32-29(37)33(28)20-9-12-22(19(2)16-20)31-25(34)17-35-3/h4-16,27-28H,17H2,1-3H3,(H,31,34)(H,32,37)/t27-,28+/m0/s1. The zero-order valence-electron chi connectivity index (χ0n) is 21.3. The van der Waals surface area contributed by atoms with Gasteiger partial charge in [-0.1, -0.05) is 35.5 Å². The Morgan fingerprint density at radius 2 is 1.95 bits per heavy atom. The fraction of sp³-hybridized carbons (Fsp3) is 0.207. The molecule has 3 heterocycles. The molecule has 0 aliphatic carbocycles. The van der Waals surface area contributed by atoms with Gasteiger partial charge in [0.2, 0.25) is 5.91 Å². The first-order valence-corrected chi connectivity index (χ1v) is 13.4. The van der Waals surface area contributed by atoms with E-state index in [2.05, 4.69) is 51.7 Å². The van der Waals surface area contributed by atoms with Crippen LogP contribution in [0.2, 0.25) is 0 Å². The van der Waals surface area contributed by atoms with E-state index < -0.39 is 0 Å². The molecule has 7 nitrogen and oxygen atoms in total. The first kappa shape index (κ1) is 26.0. The Morgan fingerprint density at radius 1 is 1.13 bits per heavy atom. The number of methoxy groups -OCH3 is 1. The Labute approximate surface area is 231 Å². The number of nitrogens with zero attached hydrogens (tertiary/aromatic N) is 2. The van der Waals surface area contributed by atoms with E-state index >= 15 is 0 Å². The van der Waals surface area contributed by atoms with Crippen molar-refractivity contribution in [1.29, 1.82) is 0 Å². The molecule has 2 N–H and O–H groups in total. The SMILES string of the molecule is COCC(=O)Nc1ccc(N2C(=S)N[C@@H](c3ccccn3)[C@H]2c2ccc(Sc3ccc(C)cc3)o2)cc1C. The van der Waals surface area contributed by atoms with Crippen LogP contribution in [0.5, 0.6) is 0 Å². The predicted octanol–water partition coefficient (Wildman–Crippen LogP) is 6.20. The fourth-order valence-electron chi connectivity index (χ4n) is 4.45. The largest absolute Gasteiger partial charge is 0.452 e. The van der Waals surface area contributed by atoms with Gasteiger partial charge in [0, 0.05) is 29.6 Å². The highest BCUT2D eigenvalue weighted by molar-refractivity contribution is 7.99. The summed E-state index contributed by atoms with van der Waals surface area (Å²) in [5.41, 5.74) is 4.60. The number of rotatable bonds is 8. The van der Waals surface area contributed by atoms with E-state index in [4.69, 9.17) is 21.4 Å². The molecule has 2 atom stereocenters. The molecule has 194 valence electrons. The number of anilines is 2. The van der Waals surface area contributed by atoms with Gasteiger partial charge in [0.15, 0.2) is 10.2 Å². The molecule has 0 bridgehead atoms. The zero-order valence-corrected chi connectivity index (χ0v) is 22.9. The second-order valence-electron chi connectivity index (χ2n) is 9.05. The minimum absolute atomic E-state index is 0.00339. The zero-order chi connectivity index (χ0) is 26.6. The Bertz CT molecular complexity index is 1440. The van der Waals surface area contributed by atoms with Crippen molar-refractivity contribution in [3.05, 3.63) is 102 Å². The maximum atomic E-state index is 12.0. The first-order chi connectivity index (χ1) is 18.4. The van der Waals surface area contributed by atoms with E-state index in [-0.39, 0.29) is 24.6 Å². The lowest BCUT2D eigenvalue weighted by molar-refractivity contribution is -0.119. The second kappa shape index (κ2) is 11.4. The molecule has 0 unspecified atom stereocenters. The Morgan fingerprint density at radius 3 is 2.66 bits per heavy atom. The number of ether oxygens (including phenoxy) is 1. The highest BCUT2D eigenvalue weighted by atomic mass is 32.2. The van der Waals surface area contributed by atoms with Crippen LogP contribution in [0.15, 0.2) is 93.4 Å². The summed E-state index contributed by atoms with van der Waals surface area (Å²) in [6.07, 6.45) is 1.78. The maximum Gasteiger partial charge on any atom is 0.250 e. The number of aryl methyl sites for hydroxylation is 2. The number of hydrogen-bond acceptors (Lipinski definition) is 6. The molecule has 1 fully saturated rings. The second-order valence-corrected chi connectivity index (χ2v) is 10.5. The van der Waals surface area contributed by atoms with Crippen LogP contribution >= 0.6 is 24.0 Å². The van der Waals surface area contributed by atoms with Gasteiger partial charge in [0.25, 0.3) is 0 Å². The maximum absolute atomic E-state index is 12.0. The summed E-state index contributed by atoms with van der Waals surface area (Å²) in [6.45, 7) is 4.02. The number of nitrogens with one attached hydrogen (secondary N) is 2. The third-order valence-electron chi connectivity index (χ3n) is 6.27. The predicted molar refractivity (Wildman–Crippen MR) is 154 cm³/mol. The van der Waals surface area contributed by atoms with Crippen LogP contribution in [0, 0.1) is 13.8 Å². The molecule has 0 radical (unpaired) electrons. The van der Waals surface area contributed by atoms with Gasteiger partial charge in [-0.05, 0) is 86.2 Å². The summed E-state index contributed by atoms with van der Waals surface area (Å²) >= 11 is 7.42. The van der Waals surface area contributed by atoms with E-state index in [1.54, 1.807) is 18.0 Å². The van der Waals surface area contributed by atoms with Crippen molar-refractivity contribution in [1.82, 2.24) is 10.3 Å². The van der Waals surface area contributed by atoms with Crippen LogP contribution in [0.3, 0.4) is 0 Å². The van der Waals surface area contributed by atoms with Crippen LogP contribution in [0.1, 0.15) is 34.7 Å². The lowest BCUT2D eigenvalue weighted by Crippen LogP contribution is -2.29.